The molecule has 0 bridgehead atoms. The second-order valence-corrected chi connectivity index (χ2v) is 6.57. The third-order valence-electron chi connectivity index (χ3n) is 3.06. The molecule has 0 fully saturated rings. The molecule has 2 nitrogen and oxygen atoms in total. The fraction of sp³-hybridized carbons (Fsp3) is 0.0714. The van der Waals surface area contributed by atoms with E-state index in [-0.39, 0.29) is 0 Å². The second-order valence-electron chi connectivity index (χ2n) is 4.27. The van der Waals surface area contributed by atoms with Crippen molar-refractivity contribution >= 4 is 55.4 Å². The van der Waals surface area contributed by atoms with Gasteiger partial charge in [0.15, 0.2) is 0 Å². The van der Waals surface area contributed by atoms with Crippen molar-refractivity contribution in [2.24, 2.45) is 5.73 Å². The largest absolute Gasteiger partial charge is 0.389 e. The molecule has 0 saturated heterocycles. The number of hydrogen-bond donors (Lipinski definition) is 1. The number of benzene rings is 1. The number of thiophene rings is 1. The molecule has 0 aliphatic carbocycles. The van der Waals surface area contributed by atoms with Crippen molar-refractivity contribution < 1.29 is 0 Å². The number of nitrogens with zero attached hydrogens (tertiary/aromatic N) is 1. The van der Waals surface area contributed by atoms with Gasteiger partial charge in [-0.2, -0.15) is 0 Å². The first-order valence-electron chi connectivity index (χ1n) is 5.76. The first-order valence-corrected chi connectivity index (χ1v) is 7.84. The zero-order chi connectivity index (χ0) is 13.4. The SMILES string of the molecule is NC(=S)c1ccc2c(ccn2Cc2sccc2Br)c1. The maximum Gasteiger partial charge on any atom is 0.104 e. The number of thiocarbonyl (C=S) groups is 1. The number of rotatable bonds is 3. The Morgan fingerprint density at radius 3 is 2.84 bits per heavy atom. The molecule has 0 unspecified atom stereocenters. The molecule has 19 heavy (non-hydrogen) atoms. The monoisotopic (exact) mass is 350 g/mol. The number of nitrogens with two attached hydrogens (primary N) is 1. The molecule has 2 heterocycles. The molecule has 0 aliphatic rings. The Balaban J connectivity index is 2.02. The molecule has 0 amide bonds. The summed E-state index contributed by atoms with van der Waals surface area (Å²) in [5.74, 6) is 0. The van der Waals surface area contributed by atoms with Crippen LogP contribution in [-0.4, -0.2) is 9.56 Å². The standard InChI is InChI=1S/C14H11BrN2S2/c15-11-4-6-19-13(11)8-17-5-3-9-7-10(14(16)18)1-2-12(9)17/h1-7H,8H2,(H2,16,18). The Hall–Kier alpha value is -1.17. The van der Waals surface area contributed by atoms with E-state index in [0.29, 0.717) is 4.99 Å². The van der Waals surface area contributed by atoms with E-state index in [1.165, 1.54) is 14.9 Å². The van der Waals surface area contributed by atoms with Gasteiger partial charge in [0.25, 0.3) is 0 Å². The van der Waals surface area contributed by atoms with Gasteiger partial charge in [-0.05, 0) is 51.6 Å². The van der Waals surface area contributed by atoms with Crippen LogP contribution >= 0.6 is 39.5 Å². The summed E-state index contributed by atoms with van der Waals surface area (Å²) in [5, 5.41) is 3.26. The molecule has 3 rings (SSSR count). The highest BCUT2D eigenvalue weighted by Crippen LogP contribution is 2.26. The average molecular weight is 351 g/mol. The van der Waals surface area contributed by atoms with E-state index in [4.69, 9.17) is 18.0 Å². The smallest absolute Gasteiger partial charge is 0.104 e. The Labute approximate surface area is 129 Å². The van der Waals surface area contributed by atoms with Gasteiger partial charge >= 0.3 is 0 Å². The fourth-order valence-corrected chi connectivity index (χ4v) is 3.69. The second kappa shape index (κ2) is 5.07. The minimum Gasteiger partial charge on any atom is -0.389 e. The van der Waals surface area contributed by atoms with E-state index in [1.807, 2.05) is 12.1 Å². The third kappa shape index (κ3) is 2.45. The lowest BCUT2D eigenvalue weighted by molar-refractivity contribution is 0.848. The van der Waals surface area contributed by atoms with E-state index in [1.54, 1.807) is 11.3 Å². The highest BCUT2D eigenvalue weighted by atomic mass is 79.9. The predicted octanol–water partition coefficient (Wildman–Crippen LogP) is 4.15. The van der Waals surface area contributed by atoms with Crippen LogP contribution in [0.5, 0.6) is 0 Å². The van der Waals surface area contributed by atoms with E-state index in [9.17, 15) is 0 Å². The number of aromatic nitrogens is 1. The van der Waals surface area contributed by atoms with Crippen molar-refractivity contribution in [3.63, 3.8) is 0 Å². The van der Waals surface area contributed by atoms with Crippen molar-refractivity contribution in [2.75, 3.05) is 0 Å². The van der Waals surface area contributed by atoms with Gasteiger partial charge in [-0.3, -0.25) is 0 Å². The lowest BCUT2D eigenvalue weighted by atomic mass is 10.1. The number of halogens is 1. The summed E-state index contributed by atoms with van der Waals surface area (Å²) >= 11 is 10.3. The quantitative estimate of drug-likeness (QED) is 0.719. The van der Waals surface area contributed by atoms with E-state index < -0.39 is 0 Å². The predicted molar refractivity (Wildman–Crippen MR) is 88.9 cm³/mol. The zero-order valence-electron chi connectivity index (χ0n) is 9.97. The highest BCUT2D eigenvalue weighted by Gasteiger charge is 2.07. The zero-order valence-corrected chi connectivity index (χ0v) is 13.2. The summed E-state index contributed by atoms with van der Waals surface area (Å²) in [4.78, 5) is 1.76. The van der Waals surface area contributed by atoms with Crippen molar-refractivity contribution in [3.05, 3.63) is 56.8 Å². The number of hydrogen-bond acceptors (Lipinski definition) is 2. The van der Waals surface area contributed by atoms with Crippen molar-refractivity contribution in [2.45, 2.75) is 6.54 Å². The summed E-state index contributed by atoms with van der Waals surface area (Å²) in [6.45, 7) is 0.869. The van der Waals surface area contributed by atoms with Crippen LogP contribution in [0.15, 0.2) is 46.4 Å². The molecular weight excluding hydrogens is 340 g/mol. The van der Waals surface area contributed by atoms with Crippen molar-refractivity contribution in [3.8, 4) is 0 Å². The minimum atomic E-state index is 0.440. The minimum absolute atomic E-state index is 0.440. The van der Waals surface area contributed by atoms with Crippen LogP contribution in [0, 0.1) is 0 Å². The first kappa shape index (κ1) is 12.8. The molecular formula is C14H11BrN2S2. The molecule has 0 atom stereocenters. The van der Waals surface area contributed by atoms with E-state index >= 15 is 0 Å². The van der Waals surface area contributed by atoms with Crippen LogP contribution in [-0.2, 0) is 6.54 Å². The average Bonchev–Trinajstić information content (AvgIpc) is 2.97. The molecule has 0 radical (unpaired) electrons. The van der Waals surface area contributed by atoms with Crippen LogP contribution in [0.25, 0.3) is 10.9 Å². The molecule has 0 aliphatic heterocycles. The van der Waals surface area contributed by atoms with Gasteiger partial charge < -0.3 is 10.3 Å². The maximum absolute atomic E-state index is 5.66. The van der Waals surface area contributed by atoms with Crippen LogP contribution in [0.1, 0.15) is 10.4 Å². The lowest BCUT2D eigenvalue weighted by Crippen LogP contribution is -2.08. The molecule has 5 heteroatoms. The van der Waals surface area contributed by atoms with Crippen LogP contribution < -0.4 is 5.73 Å². The van der Waals surface area contributed by atoms with Gasteiger partial charge in [-0.25, -0.2) is 0 Å². The molecule has 2 N–H and O–H groups in total. The van der Waals surface area contributed by atoms with Crippen LogP contribution in [0.4, 0.5) is 0 Å². The number of fused-ring (bicyclic) bond motifs is 1. The molecule has 0 saturated carbocycles. The highest BCUT2D eigenvalue weighted by molar-refractivity contribution is 9.10. The van der Waals surface area contributed by atoms with Crippen LogP contribution in [0.3, 0.4) is 0 Å². The Morgan fingerprint density at radius 1 is 1.32 bits per heavy atom. The van der Waals surface area contributed by atoms with E-state index in [2.05, 4.69) is 50.3 Å². The first-order chi connectivity index (χ1) is 9.15. The lowest BCUT2D eigenvalue weighted by Gasteiger charge is -2.05. The third-order valence-corrected chi connectivity index (χ3v) is 5.21. The summed E-state index contributed by atoms with van der Waals surface area (Å²) in [5.41, 5.74) is 7.77. The maximum atomic E-state index is 5.66. The van der Waals surface area contributed by atoms with Gasteiger partial charge in [-0.1, -0.05) is 12.2 Å². The van der Waals surface area contributed by atoms with E-state index in [0.717, 1.165) is 17.5 Å². The topological polar surface area (TPSA) is 30.9 Å². The molecule has 0 spiro atoms. The molecule has 1 aromatic carbocycles. The van der Waals surface area contributed by atoms with Gasteiger partial charge in [0, 0.05) is 32.0 Å². The summed E-state index contributed by atoms with van der Waals surface area (Å²) in [6, 6.07) is 10.3. The van der Waals surface area contributed by atoms with Gasteiger partial charge in [0.2, 0.25) is 0 Å². The fourth-order valence-electron chi connectivity index (χ4n) is 2.08. The summed E-state index contributed by atoms with van der Waals surface area (Å²) in [7, 11) is 0. The van der Waals surface area contributed by atoms with Crippen molar-refractivity contribution in [1.82, 2.24) is 4.57 Å². The normalized spacial score (nSPS) is 11.0. The Bertz CT molecular complexity index is 758. The molecule has 96 valence electrons. The molecule has 3 aromatic rings. The Kier molecular flexibility index (Phi) is 3.43. The van der Waals surface area contributed by atoms with Gasteiger partial charge in [-0.15, -0.1) is 11.3 Å². The Morgan fingerprint density at radius 2 is 2.16 bits per heavy atom. The summed E-state index contributed by atoms with van der Waals surface area (Å²) in [6.07, 6.45) is 2.10. The summed E-state index contributed by atoms with van der Waals surface area (Å²) < 4.78 is 3.40. The van der Waals surface area contributed by atoms with Gasteiger partial charge in [0.05, 0.1) is 6.54 Å². The van der Waals surface area contributed by atoms with Crippen LogP contribution in [0.2, 0.25) is 0 Å². The van der Waals surface area contributed by atoms with Gasteiger partial charge in [0.1, 0.15) is 4.99 Å². The van der Waals surface area contributed by atoms with Crippen molar-refractivity contribution in [1.29, 1.82) is 0 Å². The molecule has 2 aromatic heterocycles.